The van der Waals surface area contributed by atoms with Gasteiger partial charge in [-0.1, -0.05) is 20.3 Å². The summed E-state index contributed by atoms with van der Waals surface area (Å²) in [5.74, 6) is 0.0610. The summed E-state index contributed by atoms with van der Waals surface area (Å²) >= 11 is 0. The van der Waals surface area contributed by atoms with Gasteiger partial charge in [0.2, 0.25) is 10.0 Å². The first kappa shape index (κ1) is 22.6. The van der Waals surface area contributed by atoms with Crippen LogP contribution in [0.5, 0.6) is 5.75 Å². The highest BCUT2D eigenvalue weighted by Crippen LogP contribution is 2.26. The molecule has 0 aromatic heterocycles. The van der Waals surface area contributed by atoms with Crippen molar-refractivity contribution in [1.82, 2.24) is 14.5 Å². The number of sulfonamides is 1. The number of carbonyl (C=O) groups is 1. The quantitative estimate of drug-likeness (QED) is 0.598. The molecule has 0 spiro atoms. The van der Waals surface area contributed by atoms with E-state index in [0.717, 1.165) is 45.3 Å². The van der Waals surface area contributed by atoms with Crippen molar-refractivity contribution in [3.63, 3.8) is 0 Å². The lowest BCUT2D eigenvalue weighted by Gasteiger charge is -2.26. The van der Waals surface area contributed by atoms with Gasteiger partial charge in [0, 0.05) is 19.6 Å². The topological polar surface area (TPSA) is 79.0 Å². The molecule has 8 heteroatoms. The van der Waals surface area contributed by atoms with Crippen molar-refractivity contribution >= 4 is 15.9 Å². The van der Waals surface area contributed by atoms with Gasteiger partial charge >= 0.3 is 0 Å². The number of benzene rings is 1. The molecule has 1 aromatic rings. The molecule has 1 saturated heterocycles. The van der Waals surface area contributed by atoms with Gasteiger partial charge in [-0.15, -0.1) is 0 Å². The fourth-order valence-corrected chi connectivity index (χ4v) is 4.96. The largest absolute Gasteiger partial charge is 0.496 e. The van der Waals surface area contributed by atoms with Gasteiger partial charge in [0.05, 0.1) is 17.6 Å². The third kappa shape index (κ3) is 5.68. The minimum atomic E-state index is -3.60. The Bertz CT molecular complexity index is 742. The molecular formula is C20H33N3O4S. The van der Waals surface area contributed by atoms with E-state index in [-0.39, 0.29) is 16.4 Å². The van der Waals surface area contributed by atoms with Gasteiger partial charge in [-0.3, -0.25) is 4.79 Å². The molecule has 1 amide bonds. The zero-order valence-corrected chi connectivity index (χ0v) is 18.1. The molecule has 1 aromatic carbocycles. The first-order valence-corrected chi connectivity index (χ1v) is 11.6. The van der Waals surface area contributed by atoms with Gasteiger partial charge < -0.3 is 15.0 Å². The van der Waals surface area contributed by atoms with Crippen LogP contribution in [0.25, 0.3) is 0 Å². The number of carbonyl (C=O) groups excluding carboxylic acids is 1. The number of ether oxygens (including phenoxy) is 1. The zero-order valence-electron chi connectivity index (χ0n) is 17.2. The Morgan fingerprint density at radius 2 is 1.86 bits per heavy atom. The van der Waals surface area contributed by atoms with Crippen molar-refractivity contribution in [2.45, 2.75) is 44.4 Å². The molecule has 1 heterocycles. The van der Waals surface area contributed by atoms with Crippen molar-refractivity contribution < 1.29 is 17.9 Å². The third-order valence-corrected chi connectivity index (χ3v) is 7.09. The zero-order chi connectivity index (χ0) is 20.6. The fourth-order valence-electron chi connectivity index (χ4n) is 3.42. The van der Waals surface area contributed by atoms with Crippen LogP contribution in [0, 0.1) is 0 Å². The van der Waals surface area contributed by atoms with Gasteiger partial charge in [-0.2, -0.15) is 4.31 Å². The summed E-state index contributed by atoms with van der Waals surface area (Å²) in [7, 11) is -2.12. The van der Waals surface area contributed by atoms with Crippen molar-refractivity contribution in [1.29, 1.82) is 0 Å². The minimum absolute atomic E-state index is 0.142. The summed E-state index contributed by atoms with van der Waals surface area (Å²) in [6, 6.07) is 4.50. The van der Waals surface area contributed by atoms with Crippen LogP contribution in [0.4, 0.5) is 0 Å². The van der Waals surface area contributed by atoms with Crippen molar-refractivity contribution in [3.05, 3.63) is 23.8 Å². The third-order valence-electron chi connectivity index (χ3n) is 5.20. The molecule has 7 nitrogen and oxygen atoms in total. The smallest absolute Gasteiger partial charge is 0.255 e. The maximum Gasteiger partial charge on any atom is 0.255 e. The normalized spacial score (nSPS) is 15.6. The van der Waals surface area contributed by atoms with E-state index in [4.69, 9.17) is 4.74 Å². The highest BCUT2D eigenvalue weighted by Gasteiger charge is 2.27. The van der Waals surface area contributed by atoms with Gasteiger partial charge in [0.25, 0.3) is 5.91 Å². The summed E-state index contributed by atoms with van der Waals surface area (Å²) in [6.45, 7) is 8.68. The number of nitrogens with zero attached hydrogens (tertiary/aromatic N) is 2. The first-order chi connectivity index (χ1) is 13.4. The van der Waals surface area contributed by atoms with Crippen molar-refractivity contribution in [2.24, 2.45) is 0 Å². The van der Waals surface area contributed by atoms with Crippen LogP contribution in [0.3, 0.4) is 0 Å². The fraction of sp³-hybridized carbons (Fsp3) is 0.650. The molecule has 1 aliphatic rings. The standard InChI is InChI=1S/C20H33N3O4S/c1-4-22(5-2)13-9-12-21-20(24)18-16-17(10-11-19(18)27-3)28(25,26)23-14-7-6-8-15-23/h10-11,16H,4-9,12-15H2,1-3H3,(H,21,24). The van der Waals surface area contributed by atoms with Gasteiger partial charge in [0.15, 0.2) is 0 Å². The Labute approximate surface area is 169 Å². The SMILES string of the molecule is CCN(CC)CCCNC(=O)c1cc(S(=O)(=O)N2CCCCC2)ccc1OC. The molecule has 158 valence electrons. The average molecular weight is 412 g/mol. The maximum absolute atomic E-state index is 12.9. The van der Waals surface area contributed by atoms with Gasteiger partial charge in [-0.25, -0.2) is 8.42 Å². The molecule has 0 unspecified atom stereocenters. The number of nitrogens with one attached hydrogen (secondary N) is 1. The lowest BCUT2D eigenvalue weighted by molar-refractivity contribution is 0.0948. The van der Waals surface area contributed by atoms with E-state index >= 15 is 0 Å². The number of amides is 1. The molecule has 1 fully saturated rings. The molecule has 0 atom stereocenters. The average Bonchev–Trinajstić information content (AvgIpc) is 2.73. The van der Waals surface area contributed by atoms with Gasteiger partial charge in [0.1, 0.15) is 5.75 Å². The number of piperidine rings is 1. The molecule has 1 aliphatic heterocycles. The van der Waals surface area contributed by atoms with E-state index in [9.17, 15) is 13.2 Å². The van der Waals surface area contributed by atoms with Crippen LogP contribution in [0.15, 0.2) is 23.1 Å². The van der Waals surface area contributed by atoms with E-state index in [1.165, 1.54) is 23.5 Å². The first-order valence-electron chi connectivity index (χ1n) is 10.1. The summed E-state index contributed by atoms with van der Waals surface area (Å²) < 4.78 is 32.6. The van der Waals surface area contributed by atoms with Crippen molar-refractivity contribution in [3.8, 4) is 5.75 Å². The maximum atomic E-state index is 12.9. The molecule has 0 radical (unpaired) electrons. The highest BCUT2D eigenvalue weighted by atomic mass is 32.2. The Morgan fingerprint density at radius 1 is 1.18 bits per heavy atom. The van der Waals surface area contributed by atoms with Crippen LogP contribution in [-0.2, 0) is 10.0 Å². The Kier molecular flexibility index (Phi) is 8.72. The van der Waals surface area contributed by atoms with E-state index in [2.05, 4.69) is 24.1 Å². The lowest BCUT2D eigenvalue weighted by Crippen LogP contribution is -2.35. The monoisotopic (exact) mass is 411 g/mol. The number of methoxy groups -OCH3 is 1. The van der Waals surface area contributed by atoms with E-state index in [1.54, 1.807) is 6.07 Å². The predicted molar refractivity (Wildman–Crippen MR) is 110 cm³/mol. The Balaban J connectivity index is 2.10. The van der Waals surface area contributed by atoms with Crippen LogP contribution in [0.2, 0.25) is 0 Å². The van der Waals surface area contributed by atoms with E-state index in [1.807, 2.05) is 0 Å². The second-order valence-corrected chi connectivity index (χ2v) is 8.90. The van der Waals surface area contributed by atoms with Crippen LogP contribution < -0.4 is 10.1 Å². The van der Waals surface area contributed by atoms with E-state index < -0.39 is 10.0 Å². The summed E-state index contributed by atoms with van der Waals surface area (Å²) in [4.78, 5) is 15.1. The molecule has 0 saturated carbocycles. The Hall–Kier alpha value is -1.64. The second kappa shape index (κ2) is 10.8. The molecule has 2 rings (SSSR count). The Morgan fingerprint density at radius 3 is 2.46 bits per heavy atom. The molecule has 1 N–H and O–H groups in total. The number of hydrogen-bond donors (Lipinski definition) is 1. The number of hydrogen-bond acceptors (Lipinski definition) is 5. The predicted octanol–water partition coefficient (Wildman–Crippen LogP) is 2.33. The van der Waals surface area contributed by atoms with Crippen LogP contribution in [0.1, 0.15) is 49.9 Å². The summed E-state index contributed by atoms with van der Waals surface area (Å²) in [5.41, 5.74) is 0.253. The summed E-state index contributed by atoms with van der Waals surface area (Å²) in [5, 5.41) is 2.88. The van der Waals surface area contributed by atoms with Crippen LogP contribution in [-0.4, -0.2) is 69.9 Å². The number of rotatable bonds is 10. The van der Waals surface area contributed by atoms with Crippen molar-refractivity contribution in [2.75, 3.05) is 46.4 Å². The molecular weight excluding hydrogens is 378 g/mol. The molecule has 0 aliphatic carbocycles. The van der Waals surface area contributed by atoms with E-state index in [0.29, 0.717) is 25.4 Å². The minimum Gasteiger partial charge on any atom is -0.496 e. The molecule has 0 bridgehead atoms. The second-order valence-electron chi connectivity index (χ2n) is 6.96. The highest BCUT2D eigenvalue weighted by molar-refractivity contribution is 7.89. The summed E-state index contributed by atoms with van der Waals surface area (Å²) in [6.07, 6.45) is 3.63. The van der Waals surface area contributed by atoms with Gasteiger partial charge in [-0.05, 0) is 57.1 Å². The lowest BCUT2D eigenvalue weighted by atomic mass is 10.2. The van der Waals surface area contributed by atoms with Crippen LogP contribution >= 0.6 is 0 Å². The molecule has 28 heavy (non-hydrogen) atoms.